The molecule has 1 aliphatic heterocycles. The second-order valence-electron chi connectivity index (χ2n) is 6.25. The first-order valence-corrected chi connectivity index (χ1v) is 9.60. The topological polar surface area (TPSA) is 54.9 Å². The zero-order chi connectivity index (χ0) is 18.4. The van der Waals surface area contributed by atoms with Gasteiger partial charge in [0.2, 0.25) is 0 Å². The normalized spacial score (nSPS) is 15.1. The number of nitrogens with one attached hydrogen (secondary N) is 2. The van der Waals surface area contributed by atoms with E-state index >= 15 is 0 Å². The first-order valence-electron chi connectivity index (χ1n) is 8.66. The first kappa shape index (κ1) is 18.7. The highest BCUT2D eigenvalue weighted by Gasteiger charge is 2.16. The summed E-state index contributed by atoms with van der Waals surface area (Å²) in [7, 11) is 1.75. The summed E-state index contributed by atoms with van der Waals surface area (Å²) in [6.07, 6.45) is 0.640. The van der Waals surface area contributed by atoms with Crippen molar-refractivity contribution in [1.29, 1.82) is 0 Å². The molecule has 0 saturated heterocycles. The summed E-state index contributed by atoms with van der Waals surface area (Å²) < 4.78 is 24.6. The van der Waals surface area contributed by atoms with Gasteiger partial charge in [0, 0.05) is 25.7 Å². The molecule has 7 heteroatoms. The van der Waals surface area contributed by atoms with Crippen LogP contribution in [0.3, 0.4) is 0 Å². The van der Waals surface area contributed by atoms with E-state index in [-0.39, 0.29) is 12.6 Å². The van der Waals surface area contributed by atoms with E-state index in [1.54, 1.807) is 18.4 Å². The maximum Gasteiger partial charge on any atom is 0.191 e. The number of thiophene rings is 1. The van der Waals surface area contributed by atoms with E-state index in [1.807, 2.05) is 0 Å². The lowest BCUT2D eigenvalue weighted by Gasteiger charge is -2.21. The van der Waals surface area contributed by atoms with Crippen molar-refractivity contribution in [1.82, 2.24) is 10.6 Å². The monoisotopic (exact) mass is 377 g/mol. The summed E-state index contributed by atoms with van der Waals surface area (Å²) in [5, 5.41) is 10.9. The molecule has 140 valence electrons. The molecule has 5 nitrogen and oxygen atoms in total. The zero-order valence-corrected chi connectivity index (χ0v) is 15.9. The van der Waals surface area contributed by atoms with Crippen LogP contribution in [0.5, 0.6) is 5.75 Å². The van der Waals surface area contributed by atoms with Crippen molar-refractivity contribution in [3.05, 3.63) is 51.5 Å². The number of benzene rings is 1. The number of aliphatic imine (C=N–C) groups is 1. The van der Waals surface area contributed by atoms with Gasteiger partial charge in [0.05, 0.1) is 6.61 Å². The highest BCUT2D eigenvalue weighted by atomic mass is 32.1. The van der Waals surface area contributed by atoms with E-state index in [4.69, 9.17) is 9.47 Å². The Kier molecular flexibility index (Phi) is 6.46. The summed E-state index contributed by atoms with van der Waals surface area (Å²) in [5.74, 6) is 1.62. The Bertz CT molecular complexity index is 749. The summed E-state index contributed by atoms with van der Waals surface area (Å²) in [6.45, 7) is 4.21. The molecular weight excluding hydrogens is 353 g/mol. The number of guanidine groups is 1. The Labute approximate surface area is 157 Å². The molecule has 0 aliphatic carbocycles. The van der Waals surface area contributed by atoms with Crippen LogP contribution in [0, 0.1) is 5.82 Å². The van der Waals surface area contributed by atoms with Gasteiger partial charge in [-0.1, -0.05) is 6.92 Å². The number of halogens is 1. The fraction of sp³-hybridized carbons (Fsp3) is 0.421. The van der Waals surface area contributed by atoms with E-state index < -0.39 is 0 Å². The van der Waals surface area contributed by atoms with Crippen LogP contribution in [-0.2, 0) is 17.8 Å². The third-order valence-electron chi connectivity index (χ3n) is 4.35. The lowest BCUT2D eigenvalue weighted by molar-refractivity contribution is -0.0172. The van der Waals surface area contributed by atoms with Crippen molar-refractivity contribution in [2.45, 2.75) is 25.9 Å². The molecule has 2 heterocycles. The van der Waals surface area contributed by atoms with Crippen molar-refractivity contribution < 1.29 is 13.9 Å². The van der Waals surface area contributed by atoms with Crippen LogP contribution in [0.4, 0.5) is 4.39 Å². The van der Waals surface area contributed by atoms with Crippen molar-refractivity contribution in [3.8, 4) is 5.75 Å². The van der Waals surface area contributed by atoms with Gasteiger partial charge in [0.1, 0.15) is 11.6 Å². The minimum absolute atomic E-state index is 0.211. The number of rotatable bonds is 6. The Morgan fingerprint density at radius 2 is 2.27 bits per heavy atom. The average molecular weight is 377 g/mol. The lowest BCUT2D eigenvalue weighted by atomic mass is 10.1. The van der Waals surface area contributed by atoms with Gasteiger partial charge in [-0.05, 0) is 52.4 Å². The third kappa shape index (κ3) is 4.74. The van der Waals surface area contributed by atoms with Gasteiger partial charge in [-0.2, -0.15) is 11.3 Å². The van der Waals surface area contributed by atoms with Gasteiger partial charge in [0.15, 0.2) is 12.8 Å². The molecule has 1 unspecified atom stereocenters. The SMILES string of the molecule is CN=C(NCCc1cc(F)cc2c1OCOC2)NCC(C)c1ccsc1. The largest absolute Gasteiger partial charge is 0.467 e. The molecule has 1 atom stereocenters. The van der Waals surface area contributed by atoms with E-state index in [0.717, 1.165) is 29.4 Å². The van der Waals surface area contributed by atoms with Gasteiger partial charge in [0.25, 0.3) is 0 Å². The Hall–Kier alpha value is -2.12. The molecule has 3 rings (SSSR count). The smallest absolute Gasteiger partial charge is 0.191 e. The molecule has 0 fully saturated rings. The van der Waals surface area contributed by atoms with Crippen LogP contribution in [0.1, 0.15) is 29.5 Å². The van der Waals surface area contributed by atoms with E-state index in [1.165, 1.54) is 17.7 Å². The summed E-state index contributed by atoms with van der Waals surface area (Å²) in [5.41, 5.74) is 2.93. The van der Waals surface area contributed by atoms with Gasteiger partial charge < -0.3 is 20.1 Å². The molecule has 2 aromatic rings. The number of fused-ring (bicyclic) bond motifs is 1. The number of nitrogens with zero attached hydrogens (tertiary/aromatic N) is 1. The number of ether oxygens (including phenoxy) is 2. The van der Waals surface area contributed by atoms with Gasteiger partial charge in [-0.25, -0.2) is 4.39 Å². The highest BCUT2D eigenvalue weighted by molar-refractivity contribution is 7.07. The fourth-order valence-corrected chi connectivity index (χ4v) is 3.68. The average Bonchev–Trinajstić information content (AvgIpc) is 3.18. The van der Waals surface area contributed by atoms with E-state index in [9.17, 15) is 4.39 Å². The van der Waals surface area contributed by atoms with Gasteiger partial charge in [-0.15, -0.1) is 0 Å². The van der Waals surface area contributed by atoms with Crippen LogP contribution >= 0.6 is 11.3 Å². The molecule has 1 aromatic carbocycles. The Balaban J connectivity index is 1.51. The van der Waals surface area contributed by atoms with Crippen LogP contribution in [-0.4, -0.2) is 32.9 Å². The maximum atomic E-state index is 13.8. The second kappa shape index (κ2) is 9.00. The van der Waals surface area contributed by atoms with Crippen molar-refractivity contribution >= 4 is 17.3 Å². The molecule has 1 aliphatic rings. The zero-order valence-electron chi connectivity index (χ0n) is 15.0. The molecule has 0 radical (unpaired) electrons. The Morgan fingerprint density at radius 3 is 3.04 bits per heavy atom. The summed E-state index contributed by atoms with van der Waals surface area (Å²) in [6, 6.07) is 5.14. The fourth-order valence-electron chi connectivity index (χ4n) is 2.90. The van der Waals surface area contributed by atoms with Gasteiger partial charge in [-0.3, -0.25) is 4.99 Å². The van der Waals surface area contributed by atoms with Crippen molar-refractivity contribution in [2.75, 3.05) is 26.9 Å². The van der Waals surface area contributed by atoms with Crippen molar-refractivity contribution in [2.24, 2.45) is 4.99 Å². The summed E-state index contributed by atoms with van der Waals surface area (Å²) >= 11 is 1.71. The Morgan fingerprint density at radius 1 is 1.38 bits per heavy atom. The molecule has 2 N–H and O–H groups in total. The molecule has 1 aromatic heterocycles. The standard InChI is InChI=1S/C19H24FN3O2S/c1-13(15-4-6-26-11-15)9-23-19(21-2)22-5-3-14-7-17(20)8-16-10-24-12-25-18(14)16/h4,6-8,11,13H,3,5,9-10,12H2,1-2H3,(H2,21,22,23). The molecular formula is C19H24FN3O2S. The number of hydrogen-bond acceptors (Lipinski definition) is 4. The molecule has 26 heavy (non-hydrogen) atoms. The molecule has 0 spiro atoms. The quantitative estimate of drug-likeness (QED) is 0.599. The molecule has 0 saturated carbocycles. The minimum Gasteiger partial charge on any atom is -0.467 e. The third-order valence-corrected chi connectivity index (χ3v) is 5.05. The maximum absolute atomic E-state index is 13.8. The van der Waals surface area contributed by atoms with E-state index in [0.29, 0.717) is 25.5 Å². The van der Waals surface area contributed by atoms with Crippen molar-refractivity contribution in [3.63, 3.8) is 0 Å². The number of hydrogen-bond donors (Lipinski definition) is 2. The first-order chi connectivity index (χ1) is 12.7. The lowest BCUT2D eigenvalue weighted by Crippen LogP contribution is -2.39. The van der Waals surface area contributed by atoms with E-state index in [2.05, 4.69) is 39.4 Å². The van der Waals surface area contributed by atoms with Gasteiger partial charge >= 0.3 is 0 Å². The highest BCUT2D eigenvalue weighted by Crippen LogP contribution is 2.29. The summed E-state index contributed by atoms with van der Waals surface area (Å²) in [4.78, 5) is 4.25. The minimum atomic E-state index is -0.264. The van der Waals surface area contributed by atoms with Crippen LogP contribution in [0.2, 0.25) is 0 Å². The van der Waals surface area contributed by atoms with Crippen LogP contribution in [0.15, 0.2) is 34.0 Å². The predicted molar refractivity (Wildman–Crippen MR) is 102 cm³/mol. The van der Waals surface area contributed by atoms with Crippen LogP contribution in [0.25, 0.3) is 0 Å². The van der Waals surface area contributed by atoms with Crippen LogP contribution < -0.4 is 15.4 Å². The molecule has 0 bridgehead atoms. The molecule has 0 amide bonds. The second-order valence-corrected chi connectivity index (χ2v) is 7.03. The predicted octanol–water partition coefficient (Wildman–Crippen LogP) is 3.26.